The Labute approximate surface area is 137 Å². The maximum Gasteiger partial charge on any atom is 0.261 e. The molecule has 1 heterocycles. The largest absolute Gasteiger partial charge is 0.496 e. The smallest absolute Gasteiger partial charge is 0.261 e. The molecule has 4 heteroatoms. The Bertz CT molecular complexity index is 676. The highest BCUT2D eigenvalue weighted by Crippen LogP contribution is 2.26. The average Bonchev–Trinajstić information content (AvgIpc) is 3.15. The molecule has 0 unspecified atom stereocenters. The molecule has 0 aliphatic carbocycles. The van der Waals surface area contributed by atoms with Crippen LogP contribution in [0.2, 0.25) is 0 Å². The van der Waals surface area contributed by atoms with E-state index < -0.39 is 0 Å². The fraction of sp³-hybridized carbons (Fsp3) is 0.316. The summed E-state index contributed by atoms with van der Waals surface area (Å²) in [7, 11) is 3.37. The molecule has 1 amide bonds. The second-order valence-electron chi connectivity index (χ2n) is 5.78. The first-order chi connectivity index (χ1) is 11.2. The van der Waals surface area contributed by atoms with Crippen molar-refractivity contribution in [2.24, 2.45) is 0 Å². The average molecular weight is 310 g/mol. The maximum atomic E-state index is 12.7. The molecule has 0 bridgehead atoms. The Balaban J connectivity index is 1.79. The summed E-state index contributed by atoms with van der Waals surface area (Å²) in [6.45, 7) is 2.24. The topological polar surface area (TPSA) is 32.8 Å². The van der Waals surface area contributed by atoms with Crippen LogP contribution in [-0.4, -0.2) is 33.2 Å². The minimum atomic E-state index is -0.0728. The van der Waals surface area contributed by atoms with Crippen molar-refractivity contribution in [2.75, 3.05) is 37.0 Å². The van der Waals surface area contributed by atoms with Gasteiger partial charge >= 0.3 is 0 Å². The van der Waals surface area contributed by atoms with Crippen LogP contribution >= 0.6 is 0 Å². The molecule has 1 aliphatic heterocycles. The summed E-state index contributed by atoms with van der Waals surface area (Å²) < 4.78 is 5.28. The summed E-state index contributed by atoms with van der Waals surface area (Å²) in [6, 6.07) is 15.5. The SMILES string of the molecule is COc1ccccc1C(=O)N(C)c1ccc(N2CCCC2)cc1. The van der Waals surface area contributed by atoms with E-state index >= 15 is 0 Å². The zero-order valence-electron chi connectivity index (χ0n) is 13.7. The molecule has 0 spiro atoms. The van der Waals surface area contributed by atoms with Gasteiger partial charge in [-0.05, 0) is 49.2 Å². The van der Waals surface area contributed by atoms with Gasteiger partial charge in [0.05, 0.1) is 12.7 Å². The Morgan fingerprint density at radius 1 is 1.04 bits per heavy atom. The van der Waals surface area contributed by atoms with Crippen LogP contribution in [0.15, 0.2) is 48.5 Å². The van der Waals surface area contributed by atoms with E-state index in [0.717, 1.165) is 18.8 Å². The quantitative estimate of drug-likeness (QED) is 0.865. The second kappa shape index (κ2) is 6.73. The van der Waals surface area contributed by atoms with E-state index in [4.69, 9.17) is 4.74 Å². The van der Waals surface area contributed by atoms with Crippen LogP contribution in [0, 0.1) is 0 Å². The summed E-state index contributed by atoms with van der Waals surface area (Å²) in [5.74, 6) is 0.523. The number of carbonyl (C=O) groups is 1. The third-order valence-corrected chi connectivity index (χ3v) is 4.35. The lowest BCUT2D eigenvalue weighted by atomic mass is 10.1. The van der Waals surface area contributed by atoms with Gasteiger partial charge in [0.1, 0.15) is 5.75 Å². The minimum Gasteiger partial charge on any atom is -0.496 e. The molecule has 0 atom stereocenters. The monoisotopic (exact) mass is 310 g/mol. The van der Waals surface area contributed by atoms with Crippen molar-refractivity contribution in [1.82, 2.24) is 0 Å². The van der Waals surface area contributed by atoms with Crippen molar-refractivity contribution in [3.05, 3.63) is 54.1 Å². The van der Waals surface area contributed by atoms with Gasteiger partial charge in [0.2, 0.25) is 0 Å². The number of hydrogen-bond donors (Lipinski definition) is 0. The van der Waals surface area contributed by atoms with Crippen LogP contribution in [0.5, 0.6) is 5.75 Å². The third-order valence-electron chi connectivity index (χ3n) is 4.35. The zero-order chi connectivity index (χ0) is 16.2. The van der Waals surface area contributed by atoms with Crippen molar-refractivity contribution >= 4 is 17.3 Å². The van der Waals surface area contributed by atoms with Crippen LogP contribution in [0.4, 0.5) is 11.4 Å². The number of carbonyl (C=O) groups excluding carboxylic acids is 1. The van der Waals surface area contributed by atoms with Crippen molar-refractivity contribution in [3.63, 3.8) is 0 Å². The van der Waals surface area contributed by atoms with Gasteiger partial charge in [0, 0.05) is 31.5 Å². The molecule has 4 nitrogen and oxygen atoms in total. The molecule has 0 radical (unpaired) electrons. The van der Waals surface area contributed by atoms with Crippen molar-refractivity contribution in [2.45, 2.75) is 12.8 Å². The standard InChI is InChI=1S/C19H22N2O2/c1-20(19(22)17-7-3-4-8-18(17)23-2)15-9-11-16(12-10-15)21-13-5-6-14-21/h3-4,7-12H,5-6,13-14H2,1-2H3. The number of nitrogens with zero attached hydrogens (tertiary/aromatic N) is 2. The molecular weight excluding hydrogens is 288 g/mol. The molecule has 23 heavy (non-hydrogen) atoms. The molecular formula is C19H22N2O2. The maximum absolute atomic E-state index is 12.7. The molecule has 1 fully saturated rings. The van der Waals surface area contributed by atoms with E-state index in [1.54, 1.807) is 31.2 Å². The van der Waals surface area contributed by atoms with Gasteiger partial charge in [-0.2, -0.15) is 0 Å². The normalized spacial score (nSPS) is 13.9. The van der Waals surface area contributed by atoms with Crippen LogP contribution in [-0.2, 0) is 0 Å². The summed E-state index contributed by atoms with van der Waals surface area (Å²) in [4.78, 5) is 16.7. The van der Waals surface area contributed by atoms with Gasteiger partial charge < -0.3 is 14.5 Å². The van der Waals surface area contributed by atoms with Gasteiger partial charge in [-0.3, -0.25) is 4.79 Å². The lowest BCUT2D eigenvalue weighted by Gasteiger charge is -2.21. The first-order valence-electron chi connectivity index (χ1n) is 7.97. The molecule has 0 N–H and O–H groups in total. The number of anilines is 2. The predicted molar refractivity (Wildman–Crippen MR) is 93.6 cm³/mol. The molecule has 120 valence electrons. The van der Waals surface area contributed by atoms with E-state index in [9.17, 15) is 4.79 Å². The minimum absolute atomic E-state index is 0.0728. The molecule has 3 rings (SSSR count). The molecule has 1 saturated heterocycles. The molecule has 2 aromatic carbocycles. The van der Waals surface area contributed by atoms with Crippen molar-refractivity contribution in [1.29, 1.82) is 0 Å². The summed E-state index contributed by atoms with van der Waals surface area (Å²) in [5, 5.41) is 0. The Morgan fingerprint density at radius 3 is 2.35 bits per heavy atom. The first kappa shape index (κ1) is 15.4. The van der Waals surface area contributed by atoms with Crippen LogP contribution < -0.4 is 14.5 Å². The van der Waals surface area contributed by atoms with E-state index in [-0.39, 0.29) is 5.91 Å². The number of amides is 1. The Kier molecular flexibility index (Phi) is 4.51. The van der Waals surface area contributed by atoms with Gasteiger partial charge in [-0.25, -0.2) is 0 Å². The third kappa shape index (κ3) is 3.16. The number of para-hydroxylation sites is 1. The molecule has 0 aromatic heterocycles. The van der Waals surface area contributed by atoms with Crippen molar-refractivity contribution < 1.29 is 9.53 Å². The Hall–Kier alpha value is -2.49. The fourth-order valence-corrected chi connectivity index (χ4v) is 2.98. The van der Waals surface area contributed by atoms with Crippen molar-refractivity contribution in [3.8, 4) is 5.75 Å². The molecule has 2 aromatic rings. The highest BCUT2D eigenvalue weighted by Gasteiger charge is 2.18. The summed E-state index contributed by atoms with van der Waals surface area (Å²) in [6.07, 6.45) is 2.52. The number of hydrogen-bond acceptors (Lipinski definition) is 3. The second-order valence-corrected chi connectivity index (χ2v) is 5.78. The fourth-order valence-electron chi connectivity index (χ4n) is 2.98. The van der Waals surface area contributed by atoms with E-state index in [0.29, 0.717) is 11.3 Å². The highest BCUT2D eigenvalue weighted by atomic mass is 16.5. The Morgan fingerprint density at radius 2 is 1.70 bits per heavy atom. The van der Waals surface area contributed by atoms with Gasteiger partial charge in [-0.1, -0.05) is 12.1 Å². The summed E-state index contributed by atoms with van der Waals surface area (Å²) in [5.41, 5.74) is 2.68. The molecule has 1 aliphatic rings. The van der Waals surface area contributed by atoms with E-state index in [2.05, 4.69) is 17.0 Å². The zero-order valence-corrected chi connectivity index (χ0v) is 13.7. The number of ether oxygens (including phenoxy) is 1. The number of methoxy groups -OCH3 is 1. The summed E-state index contributed by atoms with van der Waals surface area (Å²) >= 11 is 0. The predicted octanol–water partition coefficient (Wildman–Crippen LogP) is 3.57. The van der Waals surface area contributed by atoms with Crippen LogP contribution in [0.1, 0.15) is 23.2 Å². The lowest BCUT2D eigenvalue weighted by molar-refractivity contribution is 0.0990. The first-order valence-corrected chi connectivity index (χ1v) is 7.97. The van der Waals surface area contributed by atoms with Gasteiger partial charge in [0.15, 0.2) is 0 Å². The number of benzene rings is 2. The lowest BCUT2D eigenvalue weighted by Crippen LogP contribution is -2.26. The van der Waals surface area contributed by atoms with Gasteiger partial charge in [-0.15, -0.1) is 0 Å². The van der Waals surface area contributed by atoms with E-state index in [1.807, 2.05) is 24.3 Å². The van der Waals surface area contributed by atoms with Crippen LogP contribution in [0.3, 0.4) is 0 Å². The van der Waals surface area contributed by atoms with Crippen LogP contribution in [0.25, 0.3) is 0 Å². The highest BCUT2D eigenvalue weighted by molar-refractivity contribution is 6.07. The van der Waals surface area contributed by atoms with E-state index in [1.165, 1.54) is 18.5 Å². The van der Waals surface area contributed by atoms with Gasteiger partial charge in [0.25, 0.3) is 5.91 Å². The molecule has 0 saturated carbocycles. The number of rotatable bonds is 4.